The van der Waals surface area contributed by atoms with E-state index in [1.807, 2.05) is 12.1 Å². The molecule has 1 aromatic heterocycles. The molecule has 0 saturated carbocycles. The van der Waals surface area contributed by atoms with E-state index >= 15 is 0 Å². The van der Waals surface area contributed by atoms with Crippen LogP contribution in [0, 0.1) is 0 Å². The highest BCUT2D eigenvalue weighted by molar-refractivity contribution is 5.89. The number of urea groups is 1. The summed E-state index contributed by atoms with van der Waals surface area (Å²) in [6, 6.07) is 7.62. The summed E-state index contributed by atoms with van der Waals surface area (Å²) in [6.07, 6.45) is 1.90. The summed E-state index contributed by atoms with van der Waals surface area (Å²) < 4.78 is 1.35. The fourth-order valence-corrected chi connectivity index (χ4v) is 4.44. The van der Waals surface area contributed by atoms with E-state index in [9.17, 15) is 19.2 Å². The maximum Gasteiger partial charge on any atom is 0.354 e. The number of nitrogens with one attached hydrogen (secondary N) is 1. The second kappa shape index (κ2) is 10.9. The summed E-state index contributed by atoms with van der Waals surface area (Å²) in [7, 11) is 0. The average Bonchev–Trinajstić information content (AvgIpc) is 2.86. The maximum absolute atomic E-state index is 12.7. The van der Waals surface area contributed by atoms with Crippen LogP contribution >= 0.6 is 0 Å². The summed E-state index contributed by atoms with van der Waals surface area (Å²) >= 11 is 0. The Morgan fingerprint density at radius 2 is 1.63 bits per heavy atom. The topological polar surface area (TPSA) is 186 Å². The van der Waals surface area contributed by atoms with E-state index in [1.54, 1.807) is 40.7 Å². The van der Waals surface area contributed by atoms with Crippen molar-refractivity contribution >= 4 is 23.7 Å². The number of carbonyl (C=O) groups excluding carboxylic acids is 3. The molecule has 2 aromatic rings. The number of carbonyl (C=O) groups is 3. The quantitative estimate of drug-likeness (QED) is 0.358. The van der Waals surface area contributed by atoms with Gasteiger partial charge in [0.15, 0.2) is 0 Å². The first-order chi connectivity index (χ1) is 17.9. The standard InChI is InChI=1S/C25H35N9O4/c1-25(2,28)22(36)31-9-11-32(12-10-31)23(37)29-20-7-8-34(24(38)30-20)18-5-3-16(4-6-18)13-19(27)21(35)33-14-17(26)15-33/h3-8,17,19H,9-15,26-28H2,1-2H3,(H,29,30,37,38). The van der Waals surface area contributed by atoms with E-state index in [4.69, 9.17) is 17.2 Å². The molecule has 1 atom stereocenters. The molecule has 4 amide bonds. The number of hydrogen-bond donors (Lipinski definition) is 4. The first-order valence-corrected chi connectivity index (χ1v) is 12.6. The summed E-state index contributed by atoms with van der Waals surface area (Å²) in [5.74, 6) is -0.155. The van der Waals surface area contributed by atoms with Crippen molar-refractivity contribution in [2.75, 3.05) is 44.6 Å². The second-order valence-electron chi connectivity index (χ2n) is 10.4. The van der Waals surface area contributed by atoms with Crippen molar-refractivity contribution in [1.29, 1.82) is 0 Å². The Morgan fingerprint density at radius 1 is 1.03 bits per heavy atom. The first-order valence-electron chi connectivity index (χ1n) is 12.6. The minimum absolute atomic E-state index is 0.0223. The van der Waals surface area contributed by atoms with Gasteiger partial charge in [-0.25, -0.2) is 9.59 Å². The predicted molar refractivity (Wildman–Crippen MR) is 142 cm³/mol. The zero-order valence-corrected chi connectivity index (χ0v) is 21.7. The number of aromatic nitrogens is 2. The molecule has 1 aromatic carbocycles. The molecule has 4 rings (SSSR count). The van der Waals surface area contributed by atoms with Crippen LogP contribution in [0.4, 0.5) is 10.6 Å². The van der Waals surface area contributed by atoms with Crippen LogP contribution in [0.25, 0.3) is 5.69 Å². The lowest BCUT2D eigenvalue weighted by Gasteiger charge is -2.38. The maximum atomic E-state index is 12.7. The van der Waals surface area contributed by atoms with Crippen molar-refractivity contribution in [3.63, 3.8) is 0 Å². The normalized spacial score (nSPS) is 17.1. The van der Waals surface area contributed by atoms with Crippen molar-refractivity contribution in [2.24, 2.45) is 17.2 Å². The molecule has 3 heterocycles. The van der Waals surface area contributed by atoms with Crippen LogP contribution in [-0.4, -0.2) is 99.0 Å². The van der Waals surface area contributed by atoms with Crippen molar-refractivity contribution < 1.29 is 14.4 Å². The van der Waals surface area contributed by atoms with Crippen LogP contribution in [0.3, 0.4) is 0 Å². The van der Waals surface area contributed by atoms with E-state index in [1.165, 1.54) is 16.8 Å². The third kappa shape index (κ3) is 6.18. The van der Waals surface area contributed by atoms with Crippen molar-refractivity contribution in [1.82, 2.24) is 24.3 Å². The molecule has 13 nitrogen and oxygen atoms in total. The van der Waals surface area contributed by atoms with Crippen molar-refractivity contribution in [3.8, 4) is 5.69 Å². The Kier molecular flexibility index (Phi) is 7.81. The van der Waals surface area contributed by atoms with Gasteiger partial charge >= 0.3 is 11.7 Å². The van der Waals surface area contributed by atoms with E-state index in [0.29, 0.717) is 51.4 Å². The van der Waals surface area contributed by atoms with Gasteiger partial charge in [-0.15, -0.1) is 0 Å². The third-order valence-corrected chi connectivity index (χ3v) is 6.65. The van der Waals surface area contributed by atoms with E-state index < -0.39 is 23.3 Å². The molecule has 204 valence electrons. The predicted octanol–water partition coefficient (Wildman–Crippen LogP) is -1.31. The van der Waals surface area contributed by atoms with Gasteiger partial charge in [-0.1, -0.05) is 12.1 Å². The minimum atomic E-state index is -0.965. The van der Waals surface area contributed by atoms with Crippen LogP contribution in [0.15, 0.2) is 41.3 Å². The second-order valence-corrected chi connectivity index (χ2v) is 10.4. The van der Waals surface area contributed by atoms with E-state index in [0.717, 1.165) is 5.56 Å². The van der Waals surface area contributed by atoms with Gasteiger partial charge < -0.3 is 31.9 Å². The molecule has 0 radical (unpaired) electrons. The Morgan fingerprint density at radius 3 is 2.18 bits per heavy atom. The molecule has 1 unspecified atom stereocenters. The molecular weight excluding hydrogens is 490 g/mol. The summed E-state index contributed by atoms with van der Waals surface area (Å²) in [6.45, 7) is 5.81. The van der Waals surface area contributed by atoms with Gasteiger partial charge in [-0.3, -0.25) is 19.5 Å². The molecule has 2 aliphatic rings. The SMILES string of the molecule is CC(C)(N)C(=O)N1CCN(C(=O)Nc2ccn(-c3ccc(CC(N)C(=O)N4CC(N)C4)cc3)c(=O)n2)CC1. The highest BCUT2D eigenvalue weighted by Gasteiger charge is 2.32. The number of nitrogens with zero attached hydrogens (tertiary/aromatic N) is 5. The molecular formula is C25H35N9O4. The Hall–Kier alpha value is -3.81. The third-order valence-electron chi connectivity index (χ3n) is 6.65. The lowest BCUT2D eigenvalue weighted by molar-refractivity contribution is -0.137. The zero-order valence-electron chi connectivity index (χ0n) is 21.7. The summed E-state index contributed by atoms with van der Waals surface area (Å²) in [4.78, 5) is 58.8. The number of hydrogen-bond acceptors (Lipinski definition) is 8. The number of benzene rings is 1. The number of rotatable bonds is 6. The number of nitrogens with two attached hydrogens (primary N) is 3. The molecule has 2 saturated heterocycles. The van der Waals surface area contributed by atoms with Gasteiger partial charge in [0.25, 0.3) is 0 Å². The lowest BCUT2D eigenvalue weighted by atomic mass is 10.0. The van der Waals surface area contributed by atoms with Crippen molar-refractivity contribution in [2.45, 2.75) is 37.9 Å². The fourth-order valence-electron chi connectivity index (χ4n) is 4.44. The van der Waals surface area contributed by atoms with Crippen LogP contribution in [0.2, 0.25) is 0 Å². The molecule has 7 N–H and O–H groups in total. The average molecular weight is 526 g/mol. The van der Waals surface area contributed by atoms with Crippen LogP contribution in [0.1, 0.15) is 19.4 Å². The Bertz CT molecular complexity index is 1240. The largest absolute Gasteiger partial charge is 0.354 e. The van der Waals surface area contributed by atoms with Gasteiger partial charge in [0, 0.05) is 51.5 Å². The molecule has 13 heteroatoms. The Labute approximate surface area is 220 Å². The van der Waals surface area contributed by atoms with Gasteiger partial charge in [-0.2, -0.15) is 4.98 Å². The number of amides is 4. The number of anilines is 1. The molecule has 2 aliphatic heterocycles. The molecule has 2 fully saturated rings. The van der Waals surface area contributed by atoms with Crippen LogP contribution in [0.5, 0.6) is 0 Å². The van der Waals surface area contributed by atoms with Gasteiger partial charge in [0.2, 0.25) is 11.8 Å². The van der Waals surface area contributed by atoms with Crippen molar-refractivity contribution in [3.05, 3.63) is 52.6 Å². The summed E-state index contributed by atoms with van der Waals surface area (Å²) in [5, 5.41) is 2.64. The highest BCUT2D eigenvalue weighted by Crippen LogP contribution is 2.14. The van der Waals surface area contributed by atoms with Crippen LogP contribution in [-0.2, 0) is 16.0 Å². The number of likely N-dealkylation sites (tertiary alicyclic amines) is 1. The summed E-state index contributed by atoms with van der Waals surface area (Å²) in [5.41, 5.74) is 17.6. The number of piperazine rings is 1. The molecule has 0 spiro atoms. The fraction of sp³-hybridized carbons (Fsp3) is 0.480. The monoisotopic (exact) mass is 525 g/mol. The van der Waals surface area contributed by atoms with Gasteiger partial charge in [0.1, 0.15) is 5.82 Å². The van der Waals surface area contributed by atoms with Crippen LogP contribution < -0.4 is 28.2 Å². The highest BCUT2D eigenvalue weighted by atomic mass is 16.2. The minimum Gasteiger partial charge on any atom is -0.338 e. The smallest absolute Gasteiger partial charge is 0.338 e. The zero-order chi connectivity index (χ0) is 27.6. The molecule has 0 bridgehead atoms. The van der Waals surface area contributed by atoms with E-state index in [2.05, 4.69) is 10.3 Å². The van der Waals surface area contributed by atoms with Gasteiger partial charge in [0.05, 0.1) is 17.3 Å². The van der Waals surface area contributed by atoms with Gasteiger partial charge in [-0.05, 0) is 44.0 Å². The molecule has 0 aliphatic carbocycles. The Balaban J connectivity index is 1.32. The van der Waals surface area contributed by atoms with E-state index in [-0.39, 0.29) is 23.7 Å². The first kappa shape index (κ1) is 27.2. The lowest BCUT2D eigenvalue weighted by Crippen LogP contribution is -2.61. The molecule has 38 heavy (non-hydrogen) atoms.